The van der Waals surface area contributed by atoms with Crippen LogP contribution in [-0.4, -0.2) is 31.2 Å². The smallest absolute Gasteiger partial charge is 0.253 e. The Morgan fingerprint density at radius 2 is 1.84 bits per heavy atom. The quantitative estimate of drug-likeness (QED) is 0.503. The van der Waals surface area contributed by atoms with E-state index in [4.69, 9.17) is 34.8 Å². The number of aryl methyl sites for hydroxylation is 2. The minimum Gasteiger partial charge on any atom is -0.324 e. The van der Waals surface area contributed by atoms with Crippen molar-refractivity contribution in [2.75, 3.05) is 11.1 Å². The summed E-state index contributed by atoms with van der Waals surface area (Å²) in [5.41, 5.74) is 2.19. The third-order valence-corrected chi connectivity index (χ3v) is 5.09. The van der Waals surface area contributed by atoms with E-state index in [-0.39, 0.29) is 11.7 Å². The second-order valence-corrected chi connectivity index (χ2v) is 7.39. The van der Waals surface area contributed by atoms with Gasteiger partial charge in [-0.25, -0.2) is 9.50 Å². The van der Waals surface area contributed by atoms with Gasteiger partial charge in [0.2, 0.25) is 11.1 Å². The Bertz CT molecular complexity index is 975. The van der Waals surface area contributed by atoms with Gasteiger partial charge in [0, 0.05) is 11.4 Å². The third-order valence-electron chi connectivity index (χ3n) is 3.22. The summed E-state index contributed by atoms with van der Waals surface area (Å²) in [6.07, 6.45) is 0. The molecule has 0 bridgehead atoms. The number of hydrogen-bond donors (Lipinski definition) is 1. The van der Waals surface area contributed by atoms with Crippen molar-refractivity contribution in [1.29, 1.82) is 0 Å². The second-order valence-electron chi connectivity index (χ2n) is 5.23. The summed E-state index contributed by atoms with van der Waals surface area (Å²) < 4.78 is 1.64. The molecule has 0 aliphatic carbocycles. The average Bonchev–Trinajstić information content (AvgIpc) is 2.94. The highest BCUT2D eigenvalue weighted by Gasteiger charge is 2.13. The first kappa shape index (κ1) is 18.3. The highest BCUT2D eigenvalue weighted by molar-refractivity contribution is 7.99. The topological polar surface area (TPSA) is 72.2 Å². The number of carbonyl (C=O) groups excluding carboxylic acids is 1. The minimum absolute atomic E-state index is 0.117. The Morgan fingerprint density at radius 1 is 1.12 bits per heavy atom. The first-order valence-electron chi connectivity index (χ1n) is 7.11. The van der Waals surface area contributed by atoms with E-state index in [1.165, 1.54) is 23.9 Å². The van der Waals surface area contributed by atoms with E-state index in [1.54, 1.807) is 4.52 Å². The molecule has 0 aliphatic heterocycles. The molecule has 0 saturated carbocycles. The van der Waals surface area contributed by atoms with Crippen molar-refractivity contribution in [3.05, 3.63) is 44.7 Å². The van der Waals surface area contributed by atoms with Gasteiger partial charge in [-0.15, -0.1) is 5.10 Å². The zero-order valence-electron chi connectivity index (χ0n) is 13.2. The molecule has 25 heavy (non-hydrogen) atoms. The third kappa shape index (κ3) is 4.17. The second kappa shape index (κ2) is 7.37. The van der Waals surface area contributed by atoms with Crippen LogP contribution in [0.1, 0.15) is 11.4 Å². The van der Waals surface area contributed by atoms with Crippen molar-refractivity contribution in [3.8, 4) is 0 Å². The zero-order valence-corrected chi connectivity index (χ0v) is 16.3. The van der Waals surface area contributed by atoms with Crippen molar-refractivity contribution >= 4 is 63.9 Å². The molecular weight excluding hydrogens is 405 g/mol. The van der Waals surface area contributed by atoms with Gasteiger partial charge in [0.25, 0.3) is 5.78 Å². The molecule has 0 unspecified atom stereocenters. The zero-order chi connectivity index (χ0) is 18.1. The molecule has 0 aliphatic rings. The Kier molecular flexibility index (Phi) is 5.38. The molecule has 1 amide bonds. The van der Waals surface area contributed by atoms with Crippen LogP contribution in [0.3, 0.4) is 0 Å². The molecule has 3 rings (SSSR count). The first-order chi connectivity index (χ1) is 11.8. The van der Waals surface area contributed by atoms with Crippen LogP contribution in [0, 0.1) is 13.8 Å². The van der Waals surface area contributed by atoms with Crippen LogP contribution in [0.4, 0.5) is 5.69 Å². The number of nitrogens with zero attached hydrogens (tertiary/aromatic N) is 4. The minimum atomic E-state index is -0.259. The van der Waals surface area contributed by atoms with Gasteiger partial charge in [-0.05, 0) is 32.0 Å². The fourth-order valence-electron chi connectivity index (χ4n) is 2.14. The lowest BCUT2D eigenvalue weighted by atomic mass is 10.3. The maximum Gasteiger partial charge on any atom is 0.253 e. The summed E-state index contributed by atoms with van der Waals surface area (Å²) in [6, 6.07) is 4.90. The lowest BCUT2D eigenvalue weighted by molar-refractivity contribution is -0.113. The van der Waals surface area contributed by atoms with Gasteiger partial charge in [0.1, 0.15) is 0 Å². The molecule has 2 heterocycles. The normalized spacial score (nSPS) is 11.1. The number of thioether (sulfide) groups is 1. The molecule has 2 aromatic heterocycles. The average molecular weight is 417 g/mol. The number of hydrogen-bond acceptors (Lipinski definition) is 5. The molecule has 10 heteroatoms. The summed E-state index contributed by atoms with van der Waals surface area (Å²) in [5, 5.41) is 8.45. The summed E-state index contributed by atoms with van der Waals surface area (Å²) in [6.45, 7) is 3.81. The summed E-state index contributed by atoms with van der Waals surface area (Å²) >= 11 is 19.1. The molecule has 1 aromatic carbocycles. The molecule has 0 fully saturated rings. The van der Waals surface area contributed by atoms with Crippen molar-refractivity contribution in [1.82, 2.24) is 19.6 Å². The van der Waals surface area contributed by atoms with Gasteiger partial charge in [-0.2, -0.15) is 4.98 Å². The SMILES string of the molecule is Cc1cc(C)n2nc(SCC(=O)Nc3cc(Cl)c(Cl)cc3Cl)nc2n1. The van der Waals surface area contributed by atoms with Crippen LogP contribution in [0.25, 0.3) is 5.78 Å². The predicted molar refractivity (Wildman–Crippen MR) is 101 cm³/mol. The number of rotatable bonds is 4. The number of amides is 1. The van der Waals surface area contributed by atoms with E-state index in [9.17, 15) is 4.79 Å². The summed E-state index contributed by atoms with van der Waals surface area (Å²) in [4.78, 5) is 20.8. The molecule has 0 radical (unpaired) electrons. The van der Waals surface area contributed by atoms with Gasteiger partial charge in [0.05, 0.1) is 26.5 Å². The molecule has 0 atom stereocenters. The fraction of sp³-hybridized carbons (Fsp3) is 0.200. The number of anilines is 1. The van der Waals surface area contributed by atoms with Crippen molar-refractivity contribution in [3.63, 3.8) is 0 Å². The number of nitrogens with one attached hydrogen (secondary N) is 1. The molecule has 0 spiro atoms. The Hall–Kier alpha value is -1.54. The van der Waals surface area contributed by atoms with Gasteiger partial charge in [0.15, 0.2) is 0 Å². The predicted octanol–water partition coefficient (Wildman–Crippen LogP) is 4.43. The van der Waals surface area contributed by atoms with Crippen molar-refractivity contribution in [2.45, 2.75) is 19.0 Å². The maximum atomic E-state index is 12.1. The molecule has 3 aromatic rings. The highest BCUT2D eigenvalue weighted by atomic mass is 35.5. The molecule has 0 saturated heterocycles. The number of benzene rings is 1. The monoisotopic (exact) mass is 415 g/mol. The fourth-order valence-corrected chi connectivity index (χ4v) is 3.36. The highest BCUT2D eigenvalue weighted by Crippen LogP contribution is 2.32. The number of halogens is 3. The summed E-state index contributed by atoms with van der Waals surface area (Å²) in [7, 11) is 0. The van der Waals surface area contributed by atoms with Crippen molar-refractivity contribution in [2.24, 2.45) is 0 Å². The lowest BCUT2D eigenvalue weighted by Gasteiger charge is -2.08. The Labute approximate surface area is 162 Å². The number of fused-ring (bicyclic) bond motifs is 1. The van der Waals surface area contributed by atoms with E-state index < -0.39 is 0 Å². The van der Waals surface area contributed by atoms with Crippen molar-refractivity contribution < 1.29 is 4.79 Å². The van der Waals surface area contributed by atoms with E-state index in [1.807, 2.05) is 19.9 Å². The van der Waals surface area contributed by atoms with Crippen LogP contribution >= 0.6 is 46.6 Å². The maximum absolute atomic E-state index is 12.1. The van der Waals surface area contributed by atoms with Crippen LogP contribution < -0.4 is 5.32 Å². The van der Waals surface area contributed by atoms with Gasteiger partial charge < -0.3 is 5.32 Å². The van der Waals surface area contributed by atoms with Gasteiger partial charge in [-0.3, -0.25) is 4.79 Å². The van der Waals surface area contributed by atoms with Crippen LogP contribution in [0.15, 0.2) is 23.4 Å². The van der Waals surface area contributed by atoms with Crippen LogP contribution in [0.2, 0.25) is 15.1 Å². The molecular formula is C15H12Cl3N5OS. The van der Waals surface area contributed by atoms with Crippen LogP contribution in [0.5, 0.6) is 0 Å². The largest absolute Gasteiger partial charge is 0.324 e. The molecule has 6 nitrogen and oxygen atoms in total. The van der Waals surface area contributed by atoms with Gasteiger partial charge >= 0.3 is 0 Å². The Morgan fingerprint density at radius 3 is 2.60 bits per heavy atom. The molecule has 1 N–H and O–H groups in total. The van der Waals surface area contributed by atoms with Gasteiger partial charge in [-0.1, -0.05) is 46.6 Å². The summed E-state index contributed by atoms with van der Waals surface area (Å²) in [5.74, 6) is 0.365. The number of aromatic nitrogens is 4. The van der Waals surface area contributed by atoms with E-state index in [0.717, 1.165) is 11.4 Å². The first-order valence-corrected chi connectivity index (χ1v) is 9.23. The molecule has 130 valence electrons. The van der Waals surface area contributed by atoms with E-state index in [2.05, 4.69) is 20.4 Å². The number of carbonyl (C=O) groups is 1. The van der Waals surface area contributed by atoms with E-state index >= 15 is 0 Å². The van der Waals surface area contributed by atoms with E-state index in [0.29, 0.717) is 31.7 Å². The Balaban J connectivity index is 1.68. The lowest BCUT2D eigenvalue weighted by Crippen LogP contribution is -2.14. The standard InChI is InChI=1S/C15H12Cl3N5OS/c1-7-3-8(2)23-14(19-7)21-15(22-23)25-6-13(24)20-12-5-10(17)9(16)4-11(12)18/h3-5H,6H2,1-2H3,(H,20,24). The van der Waals surface area contributed by atoms with Crippen LogP contribution in [-0.2, 0) is 4.79 Å².